The van der Waals surface area contributed by atoms with E-state index < -0.39 is 18.3 Å². The van der Waals surface area contributed by atoms with Gasteiger partial charge >= 0.3 is 7.12 Å². The van der Waals surface area contributed by atoms with Crippen LogP contribution in [-0.2, 0) is 14.1 Å². The first-order chi connectivity index (χ1) is 11.0. The summed E-state index contributed by atoms with van der Waals surface area (Å²) in [7, 11) is -0.637. The highest BCUT2D eigenvalue weighted by atomic mass is 19.1. The van der Waals surface area contributed by atoms with Crippen LogP contribution in [-0.4, -0.2) is 30.8 Å². The molecule has 1 saturated heterocycles. The fourth-order valence-electron chi connectivity index (χ4n) is 2.40. The maximum absolute atomic E-state index is 14.1. The van der Waals surface area contributed by atoms with Crippen LogP contribution in [0.5, 0.6) is 0 Å². The van der Waals surface area contributed by atoms with E-state index in [2.05, 4.69) is 5.32 Å². The predicted octanol–water partition coefficient (Wildman–Crippen LogP) is 3.29. The largest absolute Gasteiger partial charge is 0.492 e. The Morgan fingerprint density at radius 2 is 1.83 bits per heavy atom. The van der Waals surface area contributed by atoms with Crippen molar-refractivity contribution in [1.82, 2.24) is 5.32 Å². The van der Waals surface area contributed by atoms with E-state index in [4.69, 9.17) is 9.31 Å². The van der Waals surface area contributed by atoms with Gasteiger partial charge in [0.15, 0.2) is 0 Å². The van der Waals surface area contributed by atoms with Gasteiger partial charge in [-0.15, -0.1) is 0 Å². The molecule has 0 saturated carbocycles. The molecule has 0 unspecified atom stereocenters. The number of hydrogen-bond donors (Lipinski definition) is 1. The second kappa shape index (κ2) is 6.69. The molecule has 0 aromatic heterocycles. The van der Waals surface area contributed by atoms with E-state index >= 15 is 0 Å². The highest BCUT2D eigenvalue weighted by Gasteiger charge is 2.52. The van der Waals surface area contributed by atoms with Gasteiger partial charge in [0.05, 0.1) is 11.2 Å². The molecule has 24 heavy (non-hydrogen) atoms. The number of halogens is 1. The Kier molecular flexibility index (Phi) is 5.21. The zero-order valence-corrected chi connectivity index (χ0v) is 15.2. The van der Waals surface area contributed by atoms with Crippen LogP contribution < -0.4 is 5.32 Å². The second-order valence-corrected chi connectivity index (χ2v) is 7.24. The summed E-state index contributed by atoms with van der Waals surface area (Å²) >= 11 is 0. The van der Waals surface area contributed by atoms with Crippen LogP contribution in [0.3, 0.4) is 0 Å². The third kappa shape index (κ3) is 4.05. The molecule has 2 rings (SSSR count). The number of carbonyl (C=O) groups excluding carboxylic acids is 1. The van der Waals surface area contributed by atoms with Crippen LogP contribution in [0, 0.1) is 12.7 Å². The lowest BCUT2D eigenvalue weighted by Crippen LogP contribution is -2.41. The fraction of sp³-hybridized carbons (Fsp3) is 0.500. The highest BCUT2D eigenvalue weighted by Crippen LogP contribution is 2.38. The van der Waals surface area contributed by atoms with Crippen molar-refractivity contribution in [2.45, 2.75) is 52.7 Å². The molecule has 0 radical (unpaired) electrons. The number of rotatable bonds is 4. The second-order valence-electron chi connectivity index (χ2n) is 7.24. The van der Waals surface area contributed by atoms with Gasteiger partial charge in [0.2, 0.25) is 5.91 Å². The van der Waals surface area contributed by atoms with E-state index in [1.165, 1.54) is 13.0 Å². The lowest BCUT2D eigenvalue weighted by Gasteiger charge is -2.32. The van der Waals surface area contributed by atoms with Crippen molar-refractivity contribution in [3.8, 4) is 0 Å². The first kappa shape index (κ1) is 18.7. The number of aryl methyl sites for hydroxylation is 1. The summed E-state index contributed by atoms with van der Waals surface area (Å²) < 4.78 is 26.2. The zero-order valence-electron chi connectivity index (χ0n) is 15.2. The normalized spacial score (nSPS) is 19.5. The first-order valence-electron chi connectivity index (χ1n) is 8.08. The van der Waals surface area contributed by atoms with Crippen molar-refractivity contribution in [3.63, 3.8) is 0 Å². The molecule has 130 valence electrons. The van der Waals surface area contributed by atoms with Crippen LogP contribution >= 0.6 is 0 Å². The Hall–Kier alpha value is -1.66. The predicted molar refractivity (Wildman–Crippen MR) is 93.9 cm³/mol. The van der Waals surface area contributed by atoms with E-state index in [1.54, 1.807) is 18.2 Å². The molecule has 0 aliphatic carbocycles. The molecule has 0 spiro atoms. The topological polar surface area (TPSA) is 47.6 Å². The van der Waals surface area contributed by atoms with Gasteiger partial charge in [0.1, 0.15) is 5.82 Å². The minimum atomic E-state index is -0.637. The lowest BCUT2D eigenvalue weighted by molar-refractivity contribution is -0.118. The van der Waals surface area contributed by atoms with Crippen molar-refractivity contribution in [3.05, 3.63) is 40.6 Å². The van der Waals surface area contributed by atoms with E-state index in [-0.39, 0.29) is 18.3 Å². The number of nitrogens with one attached hydrogen (secondary N) is 1. The van der Waals surface area contributed by atoms with E-state index in [0.29, 0.717) is 11.0 Å². The number of amides is 1. The van der Waals surface area contributed by atoms with Crippen molar-refractivity contribution in [1.29, 1.82) is 0 Å². The van der Waals surface area contributed by atoms with E-state index in [1.807, 2.05) is 34.6 Å². The maximum Gasteiger partial charge on any atom is 0.492 e. The summed E-state index contributed by atoms with van der Waals surface area (Å²) in [5.74, 6) is -0.487. The van der Waals surface area contributed by atoms with Gasteiger partial charge in [-0.25, -0.2) is 4.39 Å². The third-order valence-electron chi connectivity index (χ3n) is 4.59. The van der Waals surface area contributed by atoms with Gasteiger partial charge in [-0.2, -0.15) is 0 Å². The molecule has 1 aromatic rings. The Balaban J connectivity index is 2.37. The van der Waals surface area contributed by atoms with Gasteiger partial charge in [-0.05, 0) is 52.2 Å². The van der Waals surface area contributed by atoms with E-state index in [9.17, 15) is 9.18 Å². The number of carbonyl (C=O) groups is 1. The van der Waals surface area contributed by atoms with Crippen molar-refractivity contribution >= 4 is 19.1 Å². The molecule has 1 aliphatic rings. The molecule has 1 heterocycles. The van der Waals surface area contributed by atoms with Crippen LogP contribution in [0.1, 0.15) is 45.7 Å². The molecule has 0 atom stereocenters. The van der Waals surface area contributed by atoms with Crippen molar-refractivity contribution in [2.24, 2.45) is 0 Å². The minimum absolute atomic E-state index is 0.165. The Morgan fingerprint density at radius 3 is 2.38 bits per heavy atom. The highest BCUT2D eigenvalue weighted by molar-refractivity contribution is 6.56. The van der Waals surface area contributed by atoms with Gasteiger partial charge < -0.3 is 14.6 Å². The molecule has 4 nitrogen and oxygen atoms in total. The molecule has 1 aliphatic heterocycles. The summed E-state index contributed by atoms with van der Waals surface area (Å²) in [4.78, 5) is 11.3. The molecular weight excluding hydrogens is 308 g/mol. The van der Waals surface area contributed by atoms with Gasteiger partial charge in [-0.1, -0.05) is 17.7 Å². The molecule has 1 fully saturated rings. The summed E-state index contributed by atoms with van der Waals surface area (Å²) in [6.07, 6.45) is 1.69. The average Bonchev–Trinajstić information content (AvgIpc) is 2.66. The minimum Gasteiger partial charge on any atom is -0.400 e. The standard InChI is InChI=1S/C18H25BFNO3/c1-12-7-8-16(20)14(9-12)10-15(11-21-13(2)22)19-23-17(3,4)18(5,6)24-19/h7-10H,11H2,1-6H3,(H,21,22). The van der Waals surface area contributed by atoms with Crippen molar-refractivity contribution in [2.75, 3.05) is 6.54 Å². The lowest BCUT2D eigenvalue weighted by atomic mass is 9.77. The summed E-state index contributed by atoms with van der Waals surface area (Å²) in [5.41, 5.74) is 1.07. The summed E-state index contributed by atoms with van der Waals surface area (Å²) in [6.45, 7) is 11.4. The van der Waals surface area contributed by atoms with Crippen molar-refractivity contribution < 1.29 is 18.5 Å². The fourth-order valence-corrected chi connectivity index (χ4v) is 2.40. The van der Waals surface area contributed by atoms with Crippen LogP contribution in [0.25, 0.3) is 6.08 Å². The Labute approximate surface area is 143 Å². The van der Waals surface area contributed by atoms with Crippen LogP contribution in [0.4, 0.5) is 4.39 Å². The molecule has 6 heteroatoms. The smallest absolute Gasteiger partial charge is 0.400 e. The third-order valence-corrected chi connectivity index (χ3v) is 4.59. The van der Waals surface area contributed by atoms with Gasteiger partial charge in [0, 0.05) is 19.0 Å². The van der Waals surface area contributed by atoms with E-state index in [0.717, 1.165) is 5.56 Å². The number of benzene rings is 1. The number of hydrogen-bond acceptors (Lipinski definition) is 3. The Bertz CT molecular complexity index is 654. The maximum atomic E-state index is 14.1. The van der Waals surface area contributed by atoms with Gasteiger partial charge in [-0.3, -0.25) is 4.79 Å². The van der Waals surface area contributed by atoms with Crippen LogP contribution in [0.2, 0.25) is 0 Å². The van der Waals surface area contributed by atoms with Crippen LogP contribution in [0.15, 0.2) is 23.7 Å². The quantitative estimate of drug-likeness (QED) is 0.860. The molecule has 0 bridgehead atoms. The molecule has 1 aromatic carbocycles. The summed E-state index contributed by atoms with van der Waals surface area (Å²) in [6, 6.07) is 4.91. The molecule has 1 N–H and O–H groups in total. The SMILES string of the molecule is CC(=O)NCC(=Cc1cc(C)ccc1F)B1OC(C)(C)C(C)(C)O1. The zero-order chi connectivity index (χ0) is 18.1. The monoisotopic (exact) mass is 333 g/mol. The molecule has 1 amide bonds. The summed E-state index contributed by atoms with van der Waals surface area (Å²) in [5, 5.41) is 2.74. The average molecular weight is 333 g/mol. The molecular formula is C18H25BFNO3. The first-order valence-corrected chi connectivity index (χ1v) is 8.08. The Morgan fingerprint density at radius 1 is 1.25 bits per heavy atom. The van der Waals surface area contributed by atoms with Gasteiger partial charge in [0.25, 0.3) is 0 Å².